The van der Waals surface area contributed by atoms with E-state index in [2.05, 4.69) is 84.1 Å². The van der Waals surface area contributed by atoms with Crippen molar-refractivity contribution in [1.82, 2.24) is 20.6 Å². The van der Waals surface area contributed by atoms with Gasteiger partial charge in [0.15, 0.2) is 11.6 Å². The first kappa shape index (κ1) is 34.3. The Morgan fingerprint density at radius 1 is 1.24 bits per heavy atom. The average Bonchev–Trinajstić information content (AvgIpc) is 2.93. The number of allylic oxidation sites excluding steroid dienone is 2. The molecule has 0 spiro atoms. The number of pyridine rings is 2. The Hall–Kier alpha value is -3.95. The van der Waals surface area contributed by atoms with Crippen molar-refractivity contribution in [3.05, 3.63) is 60.3 Å². The molecule has 0 aromatic carbocycles. The van der Waals surface area contributed by atoms with Gasteiger partial charge in [0, 0.05) is 38.1 Å². The molecule has 2 heterocycles. The van der Waals surface area contributed by atoms with E-state index < -0.39 is 11.7 Å². The van der Waals surface area contributed by atoms with Gasteiger partial charge in [-0.3, -0.25) is 14.8 Å². The van der Waals surface area contributed by atoms with E-state index >= 15 is 4.39 Å². The van der Waals surface area contributed by atoms with Crippen molar-refractivity contribution < 1.29 is 9.18 Å². The number of aromatic nitrogens is 2. The summed E-state index contributed by atoms with van der Waals surface area (Å²) < 4.78 is 15.5. The first-order valence-electron chi connectivity index (χ1n) is 14.6. The number of hydrogen-bond acceptors (Lipinski definition) is 8. The van der Waals surface area contributed by atoms with Crippen LogP contribution in [0.1, 0.15) is 83.3 Å². The zero-order chi connectivity index (χ0) is 31.4. The fourth-order valence-electron chi connectivity index (χ4n) is 4.60. The van der Waals surface area contributed by atoms with Crippen LogP contribution in [0, 0.1) is 11.2 Å². The van der Waals surface area contributed by atoms with Crippen LogP contribution in [0.5, 0.6) is 0 Å². The zero-order valence-corrected chi connectivity index (χ0v) is 26.6. The summed E-state index contributed by atoms with van der Waals surface area (Å²) in [5.74, 6) is -0.801. The summed E-state index contributed by atoms with van der Waals surface area (Å²) in [4.78, 5) is 21.9. The minimum Gasteiger partial charge on any atom is -0.384 e. The van der Waals surface area contributed by atoms with Crippen molar-refractivity contribution in [3.63, 3.8) is 0 Å². The maximum absolute atomic E-state index is 15.5. The number of nitrogens with zero attached hydrogens (tertiary/aromatic N) is 4. The predicted molar refractivity (Wildman–Crippen MR) is 174 cm³/mol. The number of halogens is 1. The smallest absolute Gasteiger partial charge is 0.254 e. The van der Waals surface area contributed by atoms with E-state index in [0.29, 0.717) is 12.1 Å². The van der Waals surface area contributed by atoms with E-state index in [0.717, 1.165) is 42.8 Å². The SMILES string of the molecule is C=C/C=N\N(C)c1cc(Nc2nc(NC(CCCC)[C@H](C)NC(=C)CC(C)(C)C)c(F)cc2C(=O)NC)cnc1CC. The van der Waals surface area contributed by atoms with E-state index in [1.54, 1.807) is 23.5 Å². The standard InChI is InChI=1S/C32H49FN8O/c1-11-14-15-27(22(5)37-21(4)19-32(6,7)8)39-30-25(33)18-24(31(42)34-9)29(40-30)38-23-17-28(26(13-3)35-20-23)41(10)36-16-12-2/h12,16-18,20,22,27,37H,2,4,11,13-15,19H2,1,3,5-10H3,(H,34,42)(H2,38,39,40)/b36-16-/t22-,27?/m0/s1. The lowest BCUT2D eigenvalue weighted by Crippen LogP contribution is -2.42. The van der Waals surface area contributed by atoms with Crippen molar-refractivity contribution in [2.45, 2.75) is 85.7 Å². The van der Waals surface area contributed by atoms with Crippen LogP contribution in [0.15, 0.2) is 48.4 Å². The van der Waals surface area contributed by atoms with Gasteiger partial charge in [0.25, 0.3) is 5.91 Å². The summed E-state index contributed by atoms with van der Waals surface area (Å²) in [5.41, 5.74) is 3.31. The number of hydrazone groups is 1. The topological polar surface area (TPSA) is 107 Å². The van der Waals surface area contributed by atoms with Gasteiger partial charge in [0.05, 0.1) is 28.8 Å². The molecule has 0 aliphatic heterocycles. The summed E-state index contributed by atoms with van der Waals surface area (Å²) in [6.07, 6.45) is 9.12. The molecule has 42 heavy (non-hydrogen) atoms. The molecule has 0 aliphatic carbocycles. The maximum Gasteiger partial charge on any atom is 0.254 e. The Balaban J connectivity index is 2.47. The molecule has 0 fully saturated rings. The third-order valence-electron chi connectivity index (χ3n) is 6.66. The number of carbonyl (C=O) groups excluding carboxylic acids is 1. The molecule has 4 N–H and O–H groups in total. The summed E-state index contributed by atoms with van der Waals surface area (Å²) in [5, 5.41) is 18.6. The molecule has 10 heteroatoms. The molecule has 0 saturated carbocycles. The van der Waals surface area contributed by atoms with Crippen LogP contribution in [-0.2, 0) is 6.42 Å². The molecule has 1 unspecified atom stereocenters. The minimum absolute atomic E-state index is 0.0392. The summed E-state index contributed by atoms with van der Waals surface area (Å²) in [6.45, 7) is 20.6. The number of hydrogen-bond donors (Lipinski definition) is 4. The Labute approximate surface area is 251 Å². The minimum atomic E-state index is -0.611. The molecule has 2 aromatic rings. The molecule has 2 aromatic heterocycles. The van der Waals surface area contributed by atoms with Gasteiger partial charge in [-0.25, -0.2) is 9.37 Å². The van der Waals surface area contributed by atoms with Crippen molar-refractivity contribution in [1.29, 1.82) is 0 Å². The number of carbonyl (C=O) groups is 1. The first-order chi connectivity index (χ1) is 19.8. The van der Waals surface area contributed by atoms with Crippen LogP contribution in [-0.4, -0.2) is 48.3 Å². The largest absolute Gasteiger partial charge is 0.384 e. The molecule has 0 radical (unpaired) electrons. The van der Waals surface area contributed by atoms with Gasteiger partial charge in [-0.2, -0.15) is 5.10 Å². The van der Waals surface area contributed by atoms with Crippen LogP contribution in [0.4, 0.5) is 27.4 Å². The molecular weight excluding hydrogens is 531 g/mol. The van der Waals surface area contributed by atoms with E-state index in [-0.39, 0.29) is 34.7 Å². The first-order valence-corrected chi connectivity index (χ1v) is 14.6. The number of rotatable bonds is 16. The van der Waals surface area contributed by atoms with Crippen LogP contribution in [0.2, 0.25) is 0 Å². The fraction of sp³-hybridized carbons (Fsp3) is 0.500. The van der Waals surface area contributed by atoms with Crippen molar-refractivity contribution in [2.24, 2.45) is 10.5 Å². The fourth-order valence-corrected chi connectivity index (χ4v) is 4.60. The lowest BCUT2D eigenvalue weighted by Gasteiger charge is -2.30. The summed E-state index contributed by atoms with van der Waals surface area (Å²) in [6, 6.07) is 2.91. The van der Waals surface area contributed by atoms with E-state index in [1.165, 1.54) is 13.1 Å². The molecule has 2 atom stereocenters. The molecule has 0 saturated heterocycles. The molecule has 9 nitrogen and oxygen atoms in total. The Bertz CT molecular complexity index is 1250. The van der Waals surface area contributed by atoms with Gasteiger partial charge in [0.1, 0.15) is 5.82 Å². The van der Waals surface area contributed by atoms with Gasteiger partial charge in [0.2, 0.25) is 0 Å². The number of aryl methyl sites for hydroxylation is 1. The summed E-state index contributed by atoms with van der Waals surface area (Å²) in [7, 11) is 3.31. The second-order valence-corrected chi connectivity index (χ2v) is 11.7. The molecule has 2 rings (SSSR count). The number of anilines is 4. The highest BCUT2D eigenvalue weighted by atomic mass is 19.1. The Morgan fingerprint density at radius 3 is 2.55 bits per heavy atom. The second kappa shape index (κ2) is 15.9. The second-order valence-electron chi connectivity index (χ2n) is 11.7. The van der Waals surface area contributed by atoms with Gasteiger partial charge in [-0.1, -0.05) is 60.6 Å². The number of unbranched alkanes of at least 4 members (excludes halogenated alkanes) is 1. The van der Waals surface area contributed by atoms with E-state index in [9.17, 15) is 4.79 Å². The quantitative estimate of drug-likeness (QED) is 0.128. The van der Waals surface area contributed by atoms with Crippen molar-refractivity contribution in [2.75, 3.05) is 29.7 Å². The average molecular weight is 581 g/mol. The molecule has 230 valence electrons. The maximum atomic E-state index is 15.5. The van der Waals surface area contributed by atoms with E-state index in [4.69, 9.17) is 0 Å². The van der Waals surface area contributed by atoms with Crippen LogP contribution in [0.25, 0.3) is 0 Å². The van der Waals surface area contributed by atoms with Crippen molar-refractivity contribution >= 4 is 35.1 Å². The number of nitrogens with one attached hydrogen (secondary N) is 4. The predicted octanol–water partition coefficient (Wildman–Crippen LogP) is 6.79. The van der Waals surface area contributed by atoms with Gasteiger partial charge in [-0.05, 0) is 49.8 Å². The van der Waals surface area contributed by atoms with Gasteiger partial charge >= 0.3 is 0 Å². The van der Waals surface area contributed by atoms with Gasteiger partial charge in [-0.15, -0.1) is 0 Å². The molecule has 1 amide bonds. The highest BCUT2D eigenvalue weighted by Crippen LogP contribution is 2.29. The van der Waals surface area contributed by atoms with Crippen LogP contribution in [0.3, 0.4) is 0 Å². The zero-order valence-electron chi connectivity index (χ0n) is 26.6. The van der Waals surface area contributed by atoms with Crippen LogP contribution >= 0.6 is 0 Å². The van der Waals surface area contributed by atoms with E-state index in [1.807, 2.05) is 20.0 Å². The Morgan fingerprint density at radius 2 is 1.95 bits per heavy atom. The third kappa shape index (κ3) is 10.2. The lowest BCUT2D eigenvalue weighted by molar-refractivity contribution is 0.0963. The highest BCUT2D eigenvalue weighted by molar-refractivity contribution is 5.99. The molecular formula is C32H49FN8O. The summed E-state index contributed by atoms with van der Waals surface area (Å²) >= 11 is 0. The highest BCUT2D eigenvalue weighted by Gasteiger charge is 2.24. The molecule has 0 bridgehead atoms. The monoisotopic (exact) mass is 580 g/mol. The normalized spacial score (nSPS) is 12.9. The lowest BCUT2D eigenvalue weighted by atomic mass is 9.90. The van der Waals surface area contributed by atoms with Crippen LogP contribution < -0.4 is 26.3 Å². The van der Waals surface area contributed by atoms with Gasteiger partial charge < -0.3 is 21.3 Å². The molecule has 0 aliphatic rings. The number of amides is 1. The third-order valence-corrected chi connectivity index (χ3v) is 6.66. The van der Waals surface area contributed by atoms with Crippen molar-refractivity contribution in [3.8, 4) is 0 Å². The Kier molecular flexibility index (Phi) is 13.0.